The fourth-order valence-corrected chi connectivity index (χ4v) is 2.17. The fourth-order valence-electron chi connectivity index (χ4n) is 1.82. The summed E-state index contributed by atoms with van der Waals surface area (Å²) in [5.41, 5.74) is 2.34. The number of carbonyl (C=O) groups is 1. The maximum absolute atomic E-state index is 11.1. The number of ether oxygens (including phenoxy) is 1. The van der Waals surface area contributed by atoms with Crippen LogP contribution in [-0.4, -0.2) is 17.9 Å². The van der Waals surface area contributed by atoms with Gasteiger partial charge in [-0.1, -0.05) is 30.2 Å². The number of hydrogen-bond acceptors (Lipinski definition) is 2. The second-order valence-electron chi connectivity index (χ2n) is 4.43. The molecule has 0 aromatic heterocycles. The maximum Gasteiger partial charge on any atom is 0.226 e. The number of allylic oxidation sites excluding steroid dienone is 2. The van der Waals surface area contributed by atoms with Crippen LogP contribution >= 0.6 is 15.9 Å². The Bertz CT molecular complexity index is 303. The Labute approximate surface area is 106 Å². The van der Waals surface area contributed by atoms with Gasteiger partial charge in [-0.25, -0.2) is 0 Å². The highest BCUT2D eigenvalue weighted by Gasteiger charge is 2.20. The predicted octanol–water partition coefficient (Wildman–Crippen LogP) is 3.62. The van der Waals surface area contributed by atoms with Crippen molar-refractivity contribution in [1.29, 1.82) is 0 Å². The van der Waals surface area contributed by atoms with Crippen molar-refractivity contribution in [2.45, 2.75) is 38.7 Å². The van der Waals surface area contributed by atoms with E-state index in [9.17, 15) is 4.79 Å². The lowest BCUT2D eigenvalue weighted by atomic mass is 9.79. The van der Waals surface area contributed by atoms with Crippen molar-refractivity contribution < 1.29 is 9.53 Å². The van der Waals surface area contributed by atoms with Gasteiger partial charge in [-0.05, 0) is 41.6 Å². The van der Waals surface area contributed by atoms with Crippen LogP contribution in [0.1, 0.15) is 32.6 Å². The van der Waals surface area contributed by atoms with Crippen LogP contribution in [0.2, 0.25) is 0 Å². The van der Waals surface area contributed by atoms with E-state index in [2.05, 4.69) is 28.6 Å². The Balaban J connectivity index is 2.48. The molecule has 1 aliphatic rings. The van der Waals surface area contributed by atoms with Crippen LogP contribution in [0.5, 0.6) is 0 Å². The van der Waals surface area contributed by atoms with E-state index in [0.717, 1.165) is 5.57 Å². The Kier molecular flexibility index (Phi) is 5.42. The zero-order valence-corrected chi connectivity index (χ0v) is 11.5. The summed E-state index contributed by atoms with van der Waals surface area (Å²) in [6.45, 7) is 6.10. The molecule has 0 unspecified atom stereocenters. The molecule has 1 atom stereocenters. The maximum atomic E-state index is 11.1. The standard InChI is InChI=1S/C13H19BrO2/c1-9(8-12(16-3)13(14)15)7-10(2)11-5-4-6-11/h7,11-12H,2,4-6,8H2,1,3H3/b9-7-/t12-/m1/s1. The quantitative estimate of drug-likeness (QED) is 0.551. The van der Waals surface area contributed by atoms with E-state index in [4.69, 9.17) is 4.74 Å². The lowest BCUT2D eigenvalue weighted by Crippen LogP contribution is -2.18. The molecule has 0 N–H and O–H groups in total. The van der Waals surface area contributed by atoms with Gasteiger partial charge in [0.1, 0.15) is 6.10 Å². The largest absolute Gasteiger partial charge is 0.372 e. The number of halogens is 1. The molecule has 0 aromatic rings. The summed E-state index contributed by atoms with van der Waals surface area (Å²) in [6, 6.07) is 0. The summed E-state index contributed by atoms with van der Waals surface area (Å²) in [6.07, 6.45) is 6.18. The van der Waals surface area contributed by atoms with Gasteiger partial charge in [0.05, 0.1) is 0 Å². The van der Waals surface area contributed by atoms with Crippen LogP contribution in [0.3, 0.4) is 0 Å². The van der Waals surface area contributed by atoms with E-state index in [-0.39, 0.29) is 10.8 Å². The molecule has 0 spiro atoms. The smallest absolute Gasteiger partial charge is 0.226 e. The monoisotopic (exact) mass is 286 g/mol. The summed E-state index contributed by atoms with van der Waals surface area (Å²) in [5, 5.41) is 0. The first-order valence-electron chi connectivity index (χ1n) is 5.62. The van der Waals surface area contributed by atoms with Gasteiger partial charge in [0.2, 0.25) is 4.69 Å². The molecular weight excluding hydrogens is 268 g/mol. The minimum atomic E-state index is -0.384. The number of rotatable bonds is 6. The van der Waals surface area contributed by atoms with Gasteiger partial charge in [0.15, 0.2) is 0 Å². The van der Waals surface area contributed by atoms with Crippen molar-refractivity contribution >= 4 is 20.6 Å². The summed E-state index contributed by atoms with van der Waals surface area (Å²) >= 11 is 2.94. The Morgan fingerprint density at radius 3 is 2.62 bits per heavy atom. The second kappa shape index (κ2) is 6.36. The average molecular weight is 287 g/mol. The van der Waals surface area contributed by atoms with Gasteiger partial charge in [-0.15, -0.1) is 0 Å². The zero-order valence-electron chi connectivity index (χ0n) is 9.96. The van der Waals surface area contributed by atoms with Crippen LogP contribution in [0.15, 0.2) is 23.8 Å². The minimum Gasteiger partial charge on any atom is -0.372 e. The number of carbonyl (C=O) groups excluding carboxylic acids is 1. The molecule has 0 heterocycles. The molecule has 1 saturated carbocycles. The van der Waals surface area contributed by atoms with Gasteiger partial charge in [-0.3, -0.25) is 4.79 Å². The molecule has 0 amide bonds. The van der Waals surface area contributed by atoms with Crippen molar-refractivity contribution in [3.63, 3.8) is 0 Å². The van der Waals surface area contributed by atoms with Gasteiger partial charge < -0.3 is 4.74 Å². The topological polar surface area (TPSA) is 26.3 Å². The van der Waals surface area contributed by atoms with Crippen molar-refractivity contribution in [3.05, 3.63) is 23.8 Å². The third-order valence-corrected chi connectivity index (χ3v) is 3.62. The minimum absolute atomic E-state index is 0.1000. The van der Waals surface area contributed by atoms with Gasteiger partial charge in [0.25, 0.3) is 0 Å². The Morgan fingerprint density at radius 2 is 2.25 bits per heavy atom. The van der Waals surface area contributed by atoms with Crippen LogP contribution in [0.25, 0.3) is 0 Å². The van der Waals surface area contributed by atoms with Crippen molar-refractivity contribution in [3.8, 4) is 0 Å². The average Bonchev–Trinajstić information content (AvgIpc) is 2.10. The molecule has 0 saturated heterocycles. The van der Waals surface area contributed by atoms with E-state index in [0.29, 0.717) is 12.3 Å². The van der Waals surface area contributed by atoms with Crippen molar-refractivity contribution in [2.75, 3.05) is 7.11 Å². The van der Waals surface area contributed by atoms with Gasteiger partial charge >= 0.3 is 0 Å². The number of hydrogen-bond donors (Lipinski definition) is 0. The molecule has 1 rings (SSSR count). The highest BCUT2D eigenvalue weighted by atomic mass is 79.9. The highest BCUT2D eigenvalue weighted by Crippen LogP contribution is 2.33. The first-order valence-corrected chi connectivity index (χ1v) is 6.42. The van der Waals surface area contributed by atoms with Gasteiger partial charge in [-0.2, -0.15) is 0 Å². The molecule has 3 heteroatoms. The summed E-state index contributed by atoms with van der Waals surface area (Å²) < 4.78 is 5.00. The number of methoxy groups -OCH3 is 1. The molecule has 0 aliphatic heterocycles. The summed E-state index contributed by atoms with van der Waals surface area (Å²) in [7, 11) is 1.55. The van der Waals surface area contributed by atoms with Crippen LogP contribution in [0.4, 0.5) is 0 Å². The first kappa shape index (κ1) is 13.7. The molecule has 1 aliphatic carbocycles. The lowest BCUT2D eigenvalue weighted by molar-refractivity contribution is -0.119. The van der Waals surface area contributed by atoms with Crippen LogP contribution in [0, 0.1) is 5.92 Å². The van der Waals surface area contributed by atoms with E-state index in [1.807, 2.05) is 6.92 Å². The third kappa shape index (κ3) is 3.87. The predicted molar refractivity (Wildman–Crippen MR) is 69.6 cm³/mol. The Hall–Kier alpha value is -0.410. The van der Waals surface area contributed by atoms with Crippen LogP contribution in [-0.2, 0) is 9.53 Å². The summed E-state index contributed by atoms with van der Waals surface area (Å²) in [5.74, 6) is 0.663. The SMILES string of the molecule is C=C(/C=C(/C)C[C@@H](OC)C(=O)Br)C1CCC1. The zero-order chi connectivity index (χ0) is 12.1. The normalized spacial score (nSPS) is 19.1. The summed E-state index contributed by atoms with van der Waals surface area (Å²) in [4.78, 5) is 11.1. The highest BCUT2D eigenvalue weighted by molar-refractivity contribution is 9.18. The molecule has 2 nitrogen and oxygen atoms in total. The van der Waals surface area contributed by atoms with Crippen molar-refractivity contribution in [1.82, 2.24) is 0 Å². The van der Waals surface area contributed by atoms with E-state index >= 15 is 0 Å². The first-order chi connectivity index (χ1) is 7.54. The van der Waals surface area contributed by atoms with Gasteiger partial charge in [0, 0.05) is 13.5 Å². The fraction of sp³-hybridized carbons (Fsp3) is 0.615. The molecule has 0 bridgehead atoms. The van der Waals surface area contributed by atoms with E-state index < -0.39 is 0 Å². The second-order valence-corrected chi connectivity index (χ2v) is 5.21. The molecule has 0 aromatic carbocycles. The molecule has 0 radical (unpaired) electrons. The molecule has 16 heavy (non-hydrogen) atoms. The Morgan fingerprint density at radius 1 is 1.62 bits per heavy atom. The van der Waals surface area contributed by atoms with E-state index in [1.54, 1.807) is 7.11 Å². The lowest BCUT2D eigenvalue weighted by Gasteiger charge is -2.26. The molecular formula is C13H19BrO2. The molecule has 1 fully saturated rings. The van der Waals surface area contributed by atoms with E-state index in [1.165, 1.54) is 24.8 Å². The third-order valence-electron chi connectivity index (χ3n) is 3.11. The van der Waals surface area contributed by atoms with Crippen molar-refractivity contribution in [2.24, 2.45) is 5.92 Å². The molecule has 90 valence electrons. The van der Waals surface area contributed by atoms with Crippen LogP contribution < -0.4 is 0 Å².